The molecule has 11 heteroatoms. The molecular formula is C19H26N6O4S. The highest BCUT2D eigenvalue weighted by atomic mass is 32.1. The van der Waals surface area contributed by atoms with Gasteiger partial charge in [-0.15, -0.1) is 10.2 Å². The summed E-state index contributed by atoms with van der Waals surface area (Å²) in [6, 6.07) is -0.252. The van der Waals surface area contributed by atoms with Crippen LogP contribution in [0.15, 0.2) is 0 Å². The molecule has 10 nitrogen and oxygen atoms in total. The first-order valence-corrected chi connectivity index (χ1v) is 11.3. The number of hydrogen-bond acceptors (Lipinski definition) is 7. The second-order valence-electron chi connectivity index (χ2n) is 7.95. The standard InChI is InChI=1S/C19H26N6O4S/c26-14-6-7-15(27)25(14)12-16(28)23-8-10-24(11-9-23)19(29)20-18-22-21-17(30-18)13-4-2-1-3-5-13/h13H,1-12H2,(H,20,22,29). The molecule has 162 valence electrons. The number of nitrogens with one attached hydrogen (secondary N) is 1. The summed E-state index contributed by atoms with van der Waals surface area (Å²) in [5.41, 5.74) is 0. The number of amides is 5. The normalized spacial score (nSPS) is 20.7. The highest BCUT2D eigenvalue weighted by Gasteiger charge is 2.33. The van der Waals surface area contributed by atoms with Gasteiger partial charge in [-0.05, 0) is 12.8 Å². The Morgan fingerprint density at radius 1 is 0.933 bits per heavy atom. The summed E-state index contributed by atoms with van der Waals surface area (Å²) in [6.45, 7) is 1.29. The summed E-state index contributed by atoms with van der Waals surface area (Å²) >= 11 is 1.44. The highest BCUT2D eigenvalue weighted by Crippen LogP contribution is 2.35. The van der Waals surface area contributed by atoms with Gasteiger partial charge in [0.1, 0.15) is 11.6 Å². The number of imide groups is 1. The van der Waals surface area contributed by atoms with Crippen LogP contribution in [0.1, 0.15) is 55.9 Å². The third kappa shape index (κ3) is 4.61. The Kier molecular flexibility index (Phi) is 6.26. The topological polar surface area (TPSA) is 116 Å². The van der Waals surface area contributed by atoms with Crippen molar-refractivity contribution in [2.75, 3.05) is 38.0 Å². The van der Waals surface area contributed by atoms with Crippen LogP contribution in [-0.4, -0.2) is 81.4 Å². The van der Waals surface area contributed by atoms with Gasteiger partial charge in [0.15, 0.2) is 0 Å². The number of urea groups is 1. The molecule has 0 unspecified atom stereocenters. The van der Waals surface area contributed by atoms with E-state index in [-0.39, 0.29) is 43.1 Å². The number of carbonyl (C=O) groups excluding carboxylic acids is 4. The van der Waals surface area contributed by atoms with Crippen molar-refractivity contribution >= 4 is 40.2 Å². The first-order chi connectivity index (χ1) is 14.5. The lowest BCUT2D eigenvalue weighted by Gasteiger charge is -2.35. The van der Waals surface area contributed by atoms with Gasteiger partial charge in [-0.2, -0.15) is 0 Å². The predicted octanol–water partition coefficient (Wildman–Crippen LogP) is 1.41. The fourth-order valence-corrected chi connectivity index (χ4v) is 5.07. The number of hydrogen-bond donors (Lipinski definition) is 1. The van der Waals surface area contributed by atoms with E-state index in [1.807, 2.05) is 0 Å². The maximum atomic E-state index is 12.5. The van der Waals surface area contributed by atoms with Gasteiger partial charge in [-0.1, -0.05) is 30.6 Å². The van der Waals surface area contributed by atoms with Crippen LogP contribution in [0.25, 0.3) is 0 Å². The van der Waals surface area contributed by atoms with Crippen LogP contribution < -0.4 is 5.32 Å². The van der Waals surface area contributed by atoms with Crippen molar-refractivity contribution in [3.8, 4) is 0 Å². The molecule has 4 rings (SSSR count). The molecule has 0 radical (unpaired) electrons. The van der Waals surface area contributed by atoms with E-state index in [2.05, 4.69) is 15.5 Å². The second-order valence-corrected chi connectivity index (χ2v) is 8.96. The van der Waals surface area contributed by atoms with Crippen molar-refractivity contribution in [3.63, 3.8) is 0 Å². The van der Waals surface area contributed by atoms with E-state index in [0.29, 0.717) is 37.2 Å². The molecule has 1 aromatic rings. The third-order valence-corrected chi connectivity index (χ3v) is 6.98. The molecule has 2 saturated heterocycles. The van der Waals surface area contributed by atoms with Crippen molar-refractivity contribution in [3.05, 3.63) is 5.01 Å². The number of rotatable bonds is 4. The lowest BCUT2D eigenvalue weighted by atomic mass is 9.90. The molecule has 3 aliphatic rings. The average molecular weight is 435 g/mol. The van der Waals surface area contributed by atoms with E-state index < -0.39 is 0 Å². The fourth-order valence-electron chi connectivity index (χ4n) is 4.16. The fraction of sp³-hybridized carbons (Fsp3) is 0.684. The Balaban J connectivity index is 1.24. The summed E-state index contributed by atoms with van der Waals surface area (Å²) in [6.07, 6.45) is 6.32. The SMILES string of the molecule is O=C(CN1C(=O)CCC1=O)N1CCN(C(=O)Nc2nnc(C3CCCCC3)s2)CC1. The number of likely N-dealkylation sites (tertiary alicyclic amines) is 1. The lowest BCUT2D eigenvalue weighted by molar-refractivity contribution is -0.146. The highest BCUT2D eigenvalue weighted by molar-refractivity contribution is 7.15. The lowest BCUT2D eigenvalue weighted by Crippen LogP contribution is -2.53. The Morgan fingerprint density at radius 2 is 1.57 bits per heavy atom. The second kappa shape index (κ2) is 9.07. The molecule has 0 bridgehead atoms. The van der Waals surface area contributed by atoms with Crippen molar-refractivity contribution < 1.29 is 19.2 Å². The van der Waals surface area contributed by atoms with E-state index in [0.717, 1.165) is 22.7 Å². The summed E-state index contributed by atoms with van der Waals surface area (Å²) in [4.78, 5) is 52.6. The minimum atomic E-state index is -0.295. The maximum Gasteiger partial charge on any atom is 0.323 e. The minimum absolute atomic E-state index is 0.175. The van der Waals surface area contributed by atoms with E-state index in [1.165, 1.54) is 30.6 Å². The zero-order valence-electron chi connectivity index (χ0n) is 16.8. The maximum absolute atomic E-state index is 12.5. The first kappa shape index (κ1) is 20.7. The molecule has 1 N–H and O–H groups in total. The summed E-state index contributed by atoms with van der Waals surface area (Å²) in [7, 11) is 0. The van der Waals surface area contributed by atoms with Gasteiger partial charge >= 0.3 is 6.03 Å². The summed E-state index contributed by atoms with van der Waals surface area (Å²) in [5, 5.41) is 12.7. The smallest absolute Gasteiger partial charge is 0.323 e. The Morgan fingerprint density at radius 3 is 2.23 bits per heavy atom. The molecule has 0 atom stereocenters. The van der Waals surface area contributed by atoms with E-state index in [9.17, 15) is 19.2 Å². The molecule has 1 saturated carbocycles. The number of aromatic nitrogens is 2. The molecule has 2 aliphatic heterocycles. The number of nitrogens with zero attached hydrogens (tertiary/aromatic N) is 5. The van der Waals surface area contributed by atoms with Crippen LogP contribution in [0.3, 0.4) is 0 Å². The molecule has 1 aliphatic carbocycles. The van der Waals surface area contributed by atoms with E-state index in [1.54, 1.807) is 9.80 Å². The van der Waals surface area contributed by atoms with Crippen LogP contribution in [0.5, 0.6) is 0 Å². The number of anilines is 1. The van der Waals surface area contributed by atoms with E-state index in [4.69, 9.17) is 0 Å². The molecular weight excluding hydrogens is 408 g/mol. The minimum Gasteiger partial charge on any atom is -0.338 e. The summed E-state index contributed by atoms with van der Waals surface area (Å²) in [5.74, 6) is -0.405. The van der Waals surface area contributed by atoms with Crippen LogP contribution in [0.2, 0.25) is 0 Å². The molecule has 0 spiro atoms. The quantitative estimate of drug-likeness (QED) is 0.717. The van der Waals surface area contributed by atoms with Crippen molar-refractivity contribution in [2.45, 2.75) is 50.9 Å². The van der Waals surface area contributed by atoms with Gasteiger partial charge in [0.05, 0.1) is 0 Å². The Bertz CT molecular complexity index is 813. The van der Waals surface area contributed by atoms with Crippen molar-refractivity contribution in [1.82, 2.24) is 24.9 Å². The molecule has 30 heavy (non-hydrogen) atoms. The molecule has 0 aromatic carbocycles. The van der Waals surface area contributed by atoms with Gasteiger partial charge in [-0.3, -0.25) is 24.6 Å². The first-order valence-electron chi connectivity index (χ1n) is 10.5. The van der Waals surface area contributed by atoms with Crippen LogP contribution in [0.4, 0.5) is 9.93 Å². The molecule has 3 fully saturated rings. The zero-order valence-corrected chi connectivity index (χ0v) is 17.7. The van der Waals surface area contributed by atoms with Crippen LogP contribution >= 0.6 is 11.3 Å². The van der Waals surface area contributed by atoms with Gasteiger partial charge in [0.25, 0.3) is 0 Å². The number of carbonyl (C=O) groups is 4. The Hall–Kier alpha value is -2.56. The van der Waals surface area contributed by atoms with Crippen LogP contribution in [0, 0.1) is 0 Å². The molecule has 5 amide bonds. The van der Waals surface area contributed by atoms with Gasteiger partial charge in [0.2, 0.25) is 22.9 Å². The van der Waals surface area contributed by atoms with Gasteiger partial charge in [0, 0.05) is 44.9 Å². The zero-order chi connectivity index (χ0) is 21.1. The van der Waals surface area contributed by atoms with Crippen LogP contribution in [-0.2, 0) is 14.4 Å². The largest absolute Gasteiger partial charge is 0.338 e. The predicted molar refractivity (Wildman–Crippen MR) is 109 cm³/mol. The third-order valence-electron chi connectivity index (χ3n) is 5.98. The molecule has 3 heterocycles. The number of piperazine rings is 1. The monoisotopic (exact) mass is 434 g/mol. The van der Waals surface area contributed by atoms with Crippen molar-refractivity contribution in [1.29, 1.82) is 0 Å². The van der Waals surface area contributed by atoms with Crippen molar-refractivity contribution in [2.24, 2.45) is 0 Å². The average Bonchev–Trinajstić information content (AvgIpc) is 3.36. The van der Waals surface area contributed by atoms with E-state index >= 15 is 0 Å². The summed E-state index contributed by atoms with van der Waals surface area (Å²) < 4.78 is 0. The van der Waals surface area contributed by atoms with Gasteiger partial charge in [-0.25, -0.2) is 4.79 Å². The van der Waals surface area contributed by atoms with Gasteiger partial charge < -0.3 is 9.80 Å². The Labute approximate surface area is 178 Å². The molecule has 1 aromatic heterocycles.